The average molecular weight is 421 g/mol. The van der Waals surface area contributed by atoms with E-state index in [2.05, 4.69) is 11.9 Å². The van der Waals surface area contributed by atoms with Gasteiger partial charge in [-0.3, -0.25) is 4.79 Å². The summed E-state index contributed by atoms with van der Waals surface area (Å²) in [7, 11) is -3.72. The summed E-state index contributed by atoms with van der Waals surface area (Å²) in [5, 5.41) is 2.85. The minimum atomic E-state index is -3.72. The van der Waals surface area contributed by atoms with E-state index < -0.39 is 15.9 Å². The Bertz CT molecular complexity index is 968. The van der Waals surface area contributed by atoms with Crippen LogP contribution in [0.15, 0.2) is 60.0 Å². The molecule has 0 bridgehead atoms. The maximum absolute atomic E-state index is 12.8. The number of carbonyl (C=O) groups excluding carboxylic acids is 1. The van der Waals surface area contributed by atoms with Crippen LogP contribution in [0.2, 0.25) is 5.02 Å². The Morgan fingerprint density at radius 3 is 2.50 bits per heavy atom. The standard InChI is InChI=1S/C20H21ClN2O4S/c1-2-13-27-17-8-6-16(7-9-17)22-20(24)15-5-10-18(21)19(14-15)28(25,26)23-11-3-4-12-23/h2,5-10,14H,1,3-4,11-13H2,(H,22,24). The van der Waals surface area contributed by atoms with Gasteiger partial charge in [0.1, 0.15) is 17.3 Å². The summed E-state index contributed by atoms with van der Waals surface area (Å²) in [6.07, 6.45) is 3.29. The van der Waals surface area contributed by atoms with E-state index in [0.29, 0.717) is 31.1 Å². The smallest absolute Gasteiger partial charge is 0.255 e. The fraction of sp³-hybridized carbons (Fsp3) is 0.250. The number of amides is 1. The normalized spacial score (nSPS) is 14.6. The highest BCUT2D eigenvalue weighted by Gasteiger charge is 2.29. The summed E-state index contributed by atoms with van der Waals surface area (Å²) in [4.78, 5) is 12.5. The number of nitrogens with one attached hydrogen (secondary N) is 1. The quantitative estimate of drug-likeness (QED) is 0.688. The van der Waals surface area contributed by atoms with Gasteiger partial charge in [0, 0.05) is 24.3 Å². The second kappa shape index (κ2) is 8.77. The molecule has 1 amide bonds. The van der Waals surface area contributed by atoms with Crippen molar-refractivity contribution in [2.45, 2.75) is 17.7 Å². The summed E-state index contributed by atoms with van der Waals surface area (Å²) in [6.45, 7) is 4.91. The molecule has 0 spiro atoms. The zero-order valence-electron chi connectivity index (χ0n) is 15.2. The van der Waals surface area contributed by atoms with Crippen molar-refractivity contribution in [2.24, 2.45) is 0 Å². The second-order valence-electron chi connectivity index (χ2n) is 6.33. The van der Waals surface area contributed by atoms with Crippen LogP contribution in [-0.2, 0) is 10.0 Å². The molecule has 28 heavy (non-hydrogen) atoms. The highest BCUT2D eigenvalue weighted by molar-refractivity contribution is 7.89. The van der Waals surface area contributed by atoms with Crippen molar-refractivity contribution in [1.82, 2.24) is 4.31 Å². The third-order valence-electron chi connectivity index (χ3n) is 4.36. The number of rotatable bonds is 7. The first kappa shape index (κ1) is 20.4. The largest absolute Gasteiger partial charge is 0.490 e. The molecule has 1 saturated heterocycles. The van der Waals surface area contributed by atoms with E-state index >= 15 is 0 Å². The maximum atomic E-state index is 12.8. The fourth-order valence-electron chi connectivity index (χ4n) is 2.90. The van der Waals surface area contributed by atoms with Gasteiger partial charge in [0.25, 0.3) is 5.91 Å². The highest BCUT2D eigenvalue weighted by Crippen LogP contribution is 2.28. The van der Waals surface area contributed by atoms with E-state index in [1.807, 2.05) is 0 Å². The van der Waals surface area contributed by atoms with Crippen LogP contribution in [0.3, 0.4) is 0 Å². The molecule has 0 saturated carbocycles. The zero-order chi connectivity index (χ0) is 20.1. The minimum Gasteiger partial charge on any atom is -0.490 e. The number of anilines is 1. The van der Waals surface area contributed by atoms with E-state index in [1.54, 1.807) is 30.3 Å². The maximum Gasteiger partial charge on any atom is 0.255 e. The monoisotopic (exact) mass is 420 g/mol. The number of hydrogen-bond donors (Lipinski definition) is 1. The van der Waals surface area contributed by atoms with Crippen LogP contribution < -0.4 is 10.1 Å². The fourth-order valence-corrected chi connectivity index (χ4v) is 4.92. The molecule has 2 aromatic carbocycles. The Balaban J connectivity index is 1.78. The van der Waals surface area contributed by atoms with E-state index in [1.165, 1.54) is 22.5 Å². The second-order valence-corrected chi connectivity index (χ2v) is 8.65. The Morgan fingerprint density at radius 1 is 1.18 bits per heavy atom. The van der Waals surface area contributed by atoms with Gasteiger partial charge in [-0.1, -0.05) is 24.3 Å². The lowest BCUT2D eigenvalue weighted by Crippen LogP contribution is -2.28. The molecule has 1 N–H and O–H groups in total. The molecule has 3 rings (SSSR count). The van der Waals surface area contributed by atoms with Crippen molar-refractivity contribution in [3.05, 3.63) is 65.7 Å². The van der Waals surface area contributed by atoms with Crippen molar-refractivity contribution in [2.75, 3.05) is 25.0 Å². The van der Waals surface area contributed by atoms with E-state index in [-0.39, 0.29) is 15.5 Å². The molecule has 1 fully saturated rings. The number of benzene rings is 2. The van der Waals surface area contributed by atoms with Crippen molar-refractivity contribution < 1.29 is 17.9 Å². The first-order valence-electron chi connectivity index (χ1n) is 8.86. The first-order valence-corrected chi connectivity index (χ1v) is 10.7. The van der Waals surface area contributed by atoms with Gasteiger partial charge in [0.05, 0.1) is 5.02 Å². The van der Waals surface area contributed by atoms with E-state index in [9.17, 15) is 13.2 Å². The molecular weight excluding hydrogens is 400 g/mol. The summed E-state index contributed by atoms with van der Waals surface area (Å²) in [6, 6.07) is 11.1. The summed E-state index contributed by atoms with van der Waals surface area (Å²) in [5.41, 5.74) is 0.781. The lowest BCUT2D eigenvalue weighted by Gasteiger charge is -2.17. The lowest BCUT2D eigenvalue weighted by molar-refractivity contribution is 0.102. The van der Waals surface area contributed by atoms with Gasteiger partial charge in [-0.2, -0.15) is 4.31 Å². The molecule has 2 aromatic rings. The predicted octanol–water partition coefficient (Wildman–Crippen LogP) is 3.94. The van der Waals surface area contributed by atoms with Crippen LogP contribution in [0.5, 0.6) is 5.75 Å². The van der Waals surface area contributed by atoms with Gasteiger partial charge in [0.15, 0.2) is 0 Å². The molecule has 0 unspecified atom stereocenters. The molecule has 6 nitrogen and oxygen atoms in total. The third-order valence-corrected chi connectivity index (χ3v) is 6.74. The zero-order valence-corrected chi connectivity index (χ0v) is 16.8. The molecule has 1 aliphatic heterocycles. The van der Waals surface area contributed by atoms with Gasteiger partial charge in [-0.15, -0.1) is 0 Å². The van der Waals surface area contributed by atoms with Crippen molar-refractivity contribution in [3.63, 3.8) is 0 Å². The Hall–Kier alpha value is -2.35. The molecule has 0 aliphatic carbocycles. The number of halogens is 1. The summed E-state index contributed by atoms with van der Waals surface area (Å²) >= 11 is 6.12. The van der Waals surface area contributed by atoms with Crippen LogP contribution in [0.25, 0.3) is 0 Å². The lowest BCUT2D eigenvalue weighted by atomic mass is 10.2. The van der Waals surface area contributed by atoms with Gasteiger partial charge in [0.2, 0.25) is 10.0 Å². The van der Waals surface area contributed by atoms with Crippen LogP contribution in [0.4, 0.5) is 5.69 Å². The van der Waals surface area contributed by atoms with Crippen LogP contribution in [0, 0.1) is 0 Å². The molecule has 0 aromatic heterocycles. The summed E-state index contributed by atoms with van der Waals surface area (Å²) < 4.78 is 32.4. The van der Waals surface area contributed by atoms with Gasteiger partial charge < -0.3 is 10.1 Å². The van der Waals surface area contributed by atoms with Gasteiger partial charge in [-0.05, 0) is 55.3 Å². The van der Waals surface area contributed by atoms with Crippen molar-refractivity contribution >= 4 is 33.2 Å². The number of carbonyl (C=O) groups is 1. The molecule has 0 radical (unpaired) electrons. The van der Waals surface area contributed by atoms with Crippen LogP contribution in [0.1, 0.15) is 23.2 Å². The first-order chi connectivity index (χ1) is 13.4. The Kier molecular flexibility index (Phi) is 6.39. The van der Waals surface area contributed by atoms with Crippen LogP contribution >= 0.6 is 11.6 Å². The molecule has 1 heterocycles. The van der Waals surface area contributed by atoms with E-state index in [0.717, 1.165) is 12.8 Å². The molecule has 1 aliphatic rings. The van der Waals surface area contributed by atoms with Gasteiger partial charge in [-0.25, -0.2) is 8.42 Å². The average Bonchev–Trinajstić information content (AvgIpc) is 3.23. The number of nitrogens with zero attached hydrogens (tertiary/aromatic N) is 1. The minimum absolute atomic E-state index is 0.0445. The number of hydrogen-bond acceptors (Lipinski definition) is 4. The molecule has 148 valence electrons. The Labute approximate surface area is 169 Å². The van der Waals surface area contributed by atoms with Gasteiger partial charge >= 0.3 is 0 Å². The molecular formula is C20H21ClN2O4S. The molecule has 0 atom stereocenters. The predicted molar refractivity (Wildman–Crippen MR) is 110 cm³/mol. The third kappa shape index (κ3) is 4.55. The Morgan fingerprint density at radius 2 is 1.86 bits per heavy atom. The highest BCUT2D eigenvalue weighted by atomic mass is 35.5. The SMILES string of the molecule is C=CCOc1ccc(NC(=O)c2ccc(Cl)c(S(=O)(=O)N3CCCC3)c2)cc1. The topological polar surface area (TPSA) is 75.7 Å². The van der Waals surface area contributed by atoms with Crippen molar-refractivity contribution in [1.29, 1.82) is 0 Å². The van der Waals surface area contributed by atoms with Crippen LogP contribution in [-0.4, -0.2) is 38.3 Å². The number of sulfonamides is 1. The molecule has 8 heteroatoms. The van der Waals surface area contributed by atoms with Crippen molar-refractivity contribution in [3.8, 4) is 5.75 Å². The van der Waals surface area contributed by atoms with E-state index in [4.69, 9.17) is 16.3 Å². The number of ether oxygens (including phenoxy) is 1. The summed E-state index contributed by atoms with van der Waals surface area (Å²) in [5.74, 6) is 0.234.